The van der Waals surface area contributed by atoms with Gasteiger partial charge in [0.15, 0.2) is 0 Å². The van der Waals surface area contributed by atoms with Gasteiger partial charge < -0.3 is 10.6 Å². The van der Waals surface area contributed by atoms with Crippen LogP contribution in [-0.4, -0.2) is 17.9 Å². The first-order chi connectivity index (χ1) is 10.1. The predicted molar refractivity (Wildman–Crippen MR) is 80.8 cm³/mol. The number of nitrogens with one attached hydrogen (secondary N) is 2. The van der Waals surface area contributed by atoms with Gasteiger partial charge in [-0.25, -0.2) is 0 Å². The molecule has 2 aliphatic rings. The molecule has 21 heavy (non-hydrogen) atoms. The Labute approximate surface area is 129 Å². The topological polar surface area (TPSA) is 58.2 Å². The highest BCUT2D eigenvalue weighted by atomic mass is 35.5. The molecule has 2 atom stereocenters. The minimum Gasteiger partial charge on any atom is -0.347 e. The van der Waals surface area contributed by atoms with Crippen molar-refractivity contribution in [2.24, 2.45) is 5.92 Å². The number of benzene rings is 1. The van der Waals surface area contributed by atoms with E-state index in [2.05, 4.69) is 10.6 Å². The van der Waals surface area contributed by atoms with E-state index in [0.29, 0.717) is 23.8 Å². The van der Waals surface area contributed by atoms with E-state index >= 15 is 0 Å². The minimum absolute atomic E-state index is 0.0148. The molecule has 1 aromatic rings. The van der Waals surface area contributed by atoms with Crippen molar-refractivity contribution in [1.82, 2.24) is 10.6 Å². The molecule has 5 heteroatoms. The van der Waals surface area contributed by atoms with Crippen LogP contribution in [0.25, 0.3) is 0 Å². The molecule has 0 spiro atoms. The van der Waals surface area contributed by atoms with Gasteiger partial charge in [0.2, 0.25) is 11.8 Å². The van der Waals surface area contributed by atoms with Crippen LogP contribution >= 0.6 is 11.6 Å². The summed E-state index contributed by atoms with van der Waals surface area (Å²) in [7, 11) is 0. The van der Waals surface area contributed by atoms with Crippen LogP contribution in [-0.2, 0) is 9.59 Å². The lowest BCUT2D eigenvalue weighted by molar-refractivity contribution is -0.126. The van der Waals surface area contributed by atoms with Crippen molar-refractivity contribution in [2.45, 2.75) is 44.2 Å². The normalized spacial score (nSPS) is 23.3. The molecule has 2 amide bonds. The first-order valence-corrected chi connectivity index (χ1v) is 7.86. The Morgan fingerprint density at radius 2 is 1.95 bits per heavy atom. The zero-order valence-corrected chi connectivity index (χ0v) is 12.5. The molecule has 0 radical (unpaired) electrons. The summed E-state index contributed by atoms with van der Waals surface area (Å²) < 4.78 is 0. The SMILES string of the molecule is O=C1CCC(C(=O)NC(c2ccc(Cl)cc2)C2CCC2)N1. The second-order valence-electron chi connectivity index (χ2n) is 5.89. The van der Waals surface area contributed by atoms with E-state index in [1.165, 1.54) is 6.42 Å². The summed E-state index contributed by atoms with van der Waals surface area (Å²) >= 11 is 5.93. The number of hydrogen-bond donors (Lipinski definition) is 2. The second-order valence-corrected chi connectivity index (χ2v) is 6.32. The van der Waals surface area contributed by atoms with Gasteiger partial charge in [-0.15, -0.1) is 0 Å². The van der Waals surface area contributed by atoms with E-state index in [1.807, 2.05) is 24.3 Å². The maximum atomic E-state index is 12.3. The molecule has 0 aromatic heterocycles. The third-order valence-corrected chi connectivity index (χ3v) is 4.71. The fraction of sp³-hybridized carbons (Fsp3) is 0.500. The summed E-state index contributed by atoms with van der Waals surface area (Å²) in [5.74, 6) is 0.363. The predicted octanol–water partition coefficient (Wildman–Crippen LogP) is 2.58. The van der Waals surface area contributed by atoms with Gasteiger partial charge in [0.25, 0.3) is 0 Å². The minimum atomic E-state index is -0.382. The van der Waals surface area contributed by atoms with Crippen molar-refractivity contribution in [2.75, 3.05) is 0 Å². The molecule has 1 saturated heterocycles. The van der Waals surface area contributed by atoms with Crippen molar-refractivity contribution in [1.29, 1.82) is 0 Å². The average Bonchev–Trinajstić information content (AvgIpc) is 2.83. The van der Waals surface area contributed by atoms with E-state index in [9.17, 15) is 9.59 Å². The van der Waals surface area contributed by atoms with Gasteiger partial charge in [-0.1, -0.05) is 30.2 Å². The Bertz CT molecular complexity index is 540. The quantitative estimate of drug-likeness (QED) is 0.898. The summed E-state index contributed by atoms with van der Waals surface area (Å²) in [4.78, 5) is 23.6. The van der Waals surface area contributed by atoms with Gasteiger partial charge >= 0.3 is 0 Å². The molecule has 1 aromatic carbocycles. The lowest BCUT2D eigenvalue weighted by Crippen LogP contribution is -2.45. The van der Waals surface area contributed by atoms with Crippen molar-refractivity contribution < 1.29 is 9.59 Å². The second kappa shape index (κ2) is 6.06. The molecule has 112 valence electrons. The number of rotatable bonds is 4. The summed E-state index contributed by atoms with van der Waals surface area (Å²) in [6, 6.07) is 7.28. The van der Waals surface area contributed by atoms with Gasteiger partial charge in [-0.05, 0) is 42.9 Å². The van der Waals surface area contributed by atoms with E-state index in [-0.39, 0.29) is 23.9 Å². The van der Waals surface area contributed by atoms with Gasteiger partial charge in [0.05, 0.1) is 6.04 Å². The highest BCUT2D eigenvalue weighted by molar-refractivity contribution is 6.30. The fourth-order valence-corrected chi connectivity index (χ4v) is 3.11. The number of hydrogen-bond acceptors (Lipinski definition) is 2. The number of carbonyl (C=O) groups is 2. The zero-order chi connectivity index (χ0) is 14.8. The Kier molecular flexibility index (Phi) is 4.15. The Balaban J connectivity index is 1.72. The van der Waals surface area contributed by atoms with E-state index in [1.54, 1.807) is 0 Å². The van der Waals surface area contributed by atoms with Crippen LogP contribution in [0.4, 0.5) is 0 Å². The lowest BCUT2D eigenvalue weighted by atomic mass is 9.77. The Hall–Kier alpha value is -1.55. The van der Waals surface area contributed by atoms with Crippen LogP contribution in [0.5, 0.6) is 0 Å². The average molecular weight is 307 g/mol. The van der Waals surface area contributed by atoms with Crippen LogP contribution in [0.2, 0.25) is 5.02 Å². The largest absolute Gasteiger partial charge is 0.347 e. The molecule has 1 aliphatic heterocycles. The zero-order valence-electron chi connectivity index (χ0n) is 11.8. The standard InChI is InChI=1S/C16H19ClN2O2/c17-12-6-4-11(5-7-12)15(10-2-1-3-10)19-16(21)13-8-9-14(20)18-13/h4-7,10,13,15H,1-3,8-9H2,(H,18,20)(H,19,21). The van der Waals surface area contributed by atoms with Crippen molar-refractivity contribution >= 4 is 23.4 Å². The highest BCUT2D eigenvalue weighted by Gasteiger charge is 2.33. The third-order valence-electron chi connectivity index (χ3n) is 4.46. The Morgan fingerprint density at radius 3 is 2.48 bits per heavy atom. The monoisotopic (exact) mass is 306 g/mol. The Morgan fingerprint density at radius 1 is 1.24 bits per heavy atom. The van der Waals surface area contributed by atoms with Crippen molar-refractivity contribution in [3.05, 3.63) is 34.9 Å². The molecule has 2 unspecified atom stereocenters. The van der Waals surface area contributed by atoms with Crippen LogP contribution in [0, 0.1) is 5.92 Å². The molecule has 2 fully saturated rings. The van der Waals surface area contributed by atoms with Gasteiger partial charge in [-0.2, -0.15) is 0 Å². The molecule has 3 rings (SSSR count). The van der Waals surface area contributed by atoms with Crippen molar-refractivity contribution in [3.63, 3.8) is 0 Å². The van der Waals surface area contributed by atoms with Crippen LogP contribution in [0.3, 0.4) is 0 Å². The molecule has 2 N–H and O–H groups in total. The summed E-state index contributed by atoms with van der Waals surface area (Å²) in [5, 5.41) is 6.54. The van der Waals surface area contributed by atoms with Crippen LogP contribution < -0.4 is 10.6 Å². The van der Waals surface area contributed by atoms with Gasteiger partial charge in [0.1, 0.15) is 6.04 Å². The van der Waals surface area contributed by atoms with Crippen LogP contribution in [0.1, 0.15) is 43.7 Å². The number of carbonyl (C=O) groups excluding carboxylic acids is 2. The number of amides is 2. The molecule has 1 aliphatic carbocycles. The maximum Gasteiger partial charge on any atom is 0.243 e. The third kappa shape index (κ3) is 3.21. The molecule has 4 nitrogen and oxygen atoms in total. The van der Waals surface area contributed by atoms with Crippen molar-refractivity contribution in [3.8, 4) is 0 Å². The molecule has 0 bridgehead atoms. The van der Waals surface area contributed by atoms with Gasteiger partial charge in [0, 0.05) is 11.4 Å². The number of halogens is 1. The lowest BCUT2D eigenvalue weighted by Gasteiger charge is -2.35. The summed E-state index contributed by atoms with van der Waals surface area (Å²) in [5.41, 5.74) is 1.08. The summed E-state index contributed by atoms with van der Waals surface area (Å²) in [6.45, 7) is 0. The first-order valence-electron chi connectivity index (χ1n) is 7.48. The van der Waals surface area contributed by atoms with E-state index in [4.69, 9.17) is 11.6 Å². The highest BCUT2D eigenvalue weighted by Crippen LogP contribution is 2.38. The van der Waals surface area contributed by atoms with Crippen LogP contribution in [0.15, 0.2) is 24.3 Å². The summed E-state index contributed by atoms with van der Waals surface area (Å²) in [6.07, 6.45) is 4.50. The molecular weight excluding hydrogens is 288 g/mol. The first kappa shape index (κ1) is 14.4. The fourth-order valence-electron chi connectivity index (χ4n) is 2.98. The maximum absolute atomic E-state index is 12.3. The van der Waals surface area contributed by atoms with E-state index < -0.39 is 0 Å². The van der Waals surface area contributed by atoms with E-state index in [0.717, 1.165) is 18.4 Å². The molecule has 1 heterocycles. The molecular formula is C16H19ClN2O2. The molecule has 1 saturated carbocycles. The smallest absolute Gasteiger partial charge is 0.243 e. The van der Waals surface area contributed by atoms with Gasteiger partial charge in [-0.3, -0.25) is 9.59 Å².